The molecule has 0 radical (unpaired) electrons. The Morgan fingerprint density at radius 2 is 2.11 bits per heavy atom. The molecule has 2 rings (SSSR count). The van der Waals surface area contributed by atoms with Crippen LogP contribution in [0.25, 0.3) is 0 Å². The minimum atomic E-state index is -0.717. The summed E-state index contributed by atoms with van der Waals surface area (Å²) in [4.78, 5) is 23.2. The minimum absolute atomic E-state index is 0.0157. The van der Waals surface area contributed by atoms with Crippen LogP contribution in [0.3, 0.4) is 0 Å². The fourth-order valence-electron chi connectivity index (χ4n) is 2.87. The van der Waals surface area contributed by atoms with Crippen molar-refractivity contribution in [2.75, 3.05) is 24.6 Å². The number of hydrogen-bond acceptors (Lipinski definition) is 4. The molecular formula is C13H22N2O3S. The molecule has 0 bridgehead atoms. The van der Waals surface area contributed by atoms with Gasteiger partial charge < -0.3 is 15.7 Å². The maximum Gasteiger partial charge on any atom is 0.306 e. The average molecular weight is 286 g/mol. The van der Waals surface area contributed by atoms with Gasteiger partial charge in [0.25, 0.3) is 0 Å². The number of carbonyl (C=O) groups is 2. The van der Waals surface area contributed by atoms with Gasteiger partial charge in [0.15, 0.2) is 0 Å². The molecule has 1 amide bonds. The van der Waals surface area contributed by atoms with Gasteiger partial charge in [-0.05, 0) is 18.8 Å². The molecule has 1 saturated heterocycles. The third-order valence-corrected chi connectivity index (χ3v) is 5.06. The molecule has 3 atom stereocenters. The highest BCUT2D eigenvalue weighted by Crippen LogP contribution is 2.29. The smallest absolute Gasteiger partial charge is 0.306 e. The highest BCUT2D eigenvalue weighted by molar-refractivity contribution is 7.99. The number of hydrogen-bond donors (Lipinski definition) is 3. The van der Waals surface area contributed by atoms with Crippen LogP contribution in [0, 0.1) is 11.8 Å². The Hall–Kier alpha value is -0.750. The van der Waals surface area contributed by atoms with Crippen molar-refractivity contribution in [1.29, 1.82) is 0 Å². The van der Waals surface area contributed by atoms with Crippen molar-refractivity contribution < 1.29 is 14.7 Å². The molecule has 0 spiro atoms. The van der Waals surface area contributed by atoms with Crippen LogP contribution in [-0.2, 0) is 9.59 Å². The molecule has 0 aromatic heterocycles. The van der Waals surface area contributed by atoms with E-state index in [-0.39, 0.29) is 23.8 Å². The van der Waals surface area contributed by atoms with Crippen LogP contribution in [-0.4, -0.2) is 47.6 Å². The molecule has 0 aromatic rings. The fourth-order valence-corrected chi connectivity index (χ4v) is 3.80. The predicted octanol–water partition coefficient (Wildman–Crippen LogP) is 0.699. The van der Waals surface area contributed by atoms with Crippen LogP contribution in [0.5, 0.6) is 0 Å². The Morgan fingerprint density at radius 1 is 1.32 bits per heavy atom. The van der Waals surface area contributed by atoms with E-state index >= 15 is 0 Å². The lowest BCUT2D eigenvalue weighted by atomic mass is 9.79. The number of amides is 1. The Balaban J connectivity index is 1.79. The number of thioether (sulfide) groups is 1. The van der Waals surface area contributed by atoms with Crippen molar-refractivity contribution >= 4 is 23.6 Å². The van der Waals surface area contributed by atoms with Gasteiger partial charge in [-0.3, -0.25) is 9.59 Å². The highest BCUT2D eigenvalue weighted by Gasteiger charge is 2.31. The van der Waals surface area contributed by atoms with Gasteiger partial charge in [-0.2, -0.15) is 11.8 Å². The second kappa shape index (κ2) is 7.14. The molecule has 0 aromatic carbocycles. The van der Waals surface area contributed by atoms with Gasteiger partial charge in [0, 0.05) is 24.6 Å². The maximum absolute atomic E-state index is 12.0. The molecule has 5 nitrogen and oxygen atoms in total. The largest absolute Gasteiger partial charge is 0.481 e. The van der Waals surface area contributed by atoms with Crippen molar-refractivity contribution in [3.63, 3.8) is 0 Å². The lowest BCUT2D eigenvalue weighted by molar-refractivity contribution is -0.145. The van der Waals surface area contributed by atoms with E-state index in [1.54, 1.807) is 11.8 Å². The highest BCUT2D eigenvalue weighted by atomic mass is 32.2. The van der Waals surface area contributed by atoms with Crippen molar-refractivity contribution in [3.05, 3.63) is 0 Å². The van der Waals surface area contributed by atoms with Crippen molar-refractivity contribution in [3.8, 4) is 0 Å². The van der Waals surface area contributed by atoms with Crippen LogP contribution in [0.4, 0.5) is 0 Å². The number of aliphatic carboxylic acids is 1. The SMILES string of the molecule is O=C(NCC1CCCCC1C(=O)O)C1CSCCN1. The summed E-state index contributed by atoms with van der Waals surface area (Å²) < 4.78 is 0. The van der Waals surface area contributed by atoms with Gasteiger partial charge in [-0.15, -0.1) is 0 Å². The Bertz CT molecular complexity index is 332. The van der Waals surface area contributed by atoms with Crippen molar-refractivity contribution in [2.45, 2.75) is 31.7 Å². The number of carboxylic acid groups (broad SMARTS) is 1. The van der Waals surface area contributed by atoms with Crippen LogP contribution >= 0.6 is 11.8 Å². The van der Waals surface area contributed by atoms with Gasteiger partial charge >= 0.3 is 5.97 Å². The molecule has 3 unspecified atom stereocenters. The number of nitrogens with one attached hydrogen (secondary N) is 2. The third kappa shape index (κ3) is 4.11. The fraction of sp³-hybridized carbons (Fsp3) is 0.846. The molecule has 108 valence electrons. The first-order valence-corrected chi connectivity index (χ1v) is 8.15. The minimum Gasteiger partial charge on any atom is -0.481 e. The summed E-state index contributed by atoms with van der Waals surface area (Å²) in [5.41, 5.74) is 0. The van der Waals surface area contributed by atoms with Gasteiger partial charge in [-0.1, -0.05) is 12.8 Å². The van der Waals surface area contributed by atoms with E-state index in [1.165, 1.54) is 0 Å². The molecule has 1 aliphatic heterocycles. The first kappa shape index (κ1) is 14.7. The van der Waals surface area contributed by atoms with E-state index in [1.807, 2.05) is 0 Å². The number of carbonyl (C=O) groups excluding carboxylic acids is 1. The summed E-state index contributed by atoms with van der Waals surface area (Å²) in [6.45, 7) is 1.36. The van der Waals surface area contributed by atoms with E-state index in [0.717, 1.165) is 43.7 Å². The summed E-state index contributed by atoms with van der Waals surface area (Å²) in [5.74, 6) is 0.952. The quantitative estimate of drug-likeness (QED) is 0.709. The Kier molecular flexibility index (Phi) is 5.51. The summed E-state index contributed by atoms with van der Waals surface area (Å²) in [6, 6.07) is -0.120. The van der Waals surface area contributed by atoms with E-state index in [0.29, 0.717) is 6.54 Å². The first-order valence-electron chi connectivity index (χ1n) is 7.00. The molecule has 19 heavy (non-hydrogen) atoms. The average Bonchev–Trinajstić information content (AvgIpc) is 2.46. The monoisotopic (exact) mass is 286 g/mol. The normalized spacial score (nSPS) is 31.7. The van der Waals surface area contributed by atoms with E-state index in [4.69, 9.17) is 0 Å². The van der Waals surface area contributed by atoms with Gasteiger partial charge in [-0.25, -0.2) is 0 Å². The van der Waals surface area contributed by atoms with Crippen molar-refractivity contribution in [1.82, 2.24) is 10.6 Å². The number of rotatable bonds is 4. The Morgan fingerprint density at radius 3 is 2.79 bits per heavy atom. The van der Waals surface area contributed by atoms with Crippen LogP contribution in [0.2, 0.25) is 0 Å². The molecule has 1 aliphatic carbocycles. The van der Waals surface area contributed by atoms with Gasteiger partial charge in [0.2, 0.25) is 5.91 Å². The van der Waals surface area contributed by atoms with E-state index < -0.39 is 5.97 Å². The topological polar surface area (TPSA) is 78.4 Å². The molecule has 2 fully saturated rings. The van der Waals surface area contributed by atoms with Crippen LogP contribution in [0.1, 0.15) is 25.7 Å². The van der Waals surface area contributed by atoms with E-state index in [9.17, 15) is 14.7 Å². The molecule has 1 saturated carbocycles. The Labute approximate surface area is 117 Å². The lowest BCUT2D eigenvalue weighted by Crippen LogP contribution is -2.50. The zero-order chi connectivity index (χ0) is 13.7. The second-order valence-corrected chi connectivity index (χ2v) is 6.47. The van der Waals surface area contributed by atoms with Crippen molar-refractivity contribution in [2.24, 2.45) is 11.8 Å². The molecule has 1 heterocycles. The molecule has 2 aliphatic rings. The summed E-state index contributed by atoms with van der Waals surface area (Å²) >= 11 is 1.78. The van der Waals surface area contributed by atoms with Crippen LogP contribution < -0.4 is 10.6 Å². The maximum atomic E-state index is 12.0. The van der Waals surface area contributed by atoms with Gasteiger partial charge in [0.1, 0.15) is 0 Å². The number of carboxylic acids is 1. The second-order valence-electron chi connectivity index (χ2n) is 5.32. The predicted molar refractivity (Wildman–Crippen MR) is 75.2 cm³/mol. The van der Waals surface area contributed by atoms with E-state index in [2.05, 4.69) is 10.6 Å². The lowest BCUT2D eigenvalue weighted by Gasteiger charge is -2.29. The molecule has 6 heteroatoms. The summed E-state index contributed by atoms with van der Waals surface area (Å²) in [7, 11) is 0. The summed E-state index contributed by atoms with van der Waals surface area (Å²) in [6.07, 6.45) is 3.71. The molecular weight excluding hydrogens is 264 g/mol. The zero-order valence-corrected chi connectivity index (χ0v) is 11.9. The zero-order valence-electron chi connectivity index (χ0n) is 11.1. The van der Waals surface area contributed by atoms with Gasteiger partial charge in [0.05, 0.1) is 12.0 Å². The first-order chi connectivity index (χ1) is 9.18. The third-order valence-electron chi connectivity index (χ3n) is 4.00. The molecule has 3 N–H and O–H groups in total. The summed E-state index contributed by atoms with van der Waals surface area (Å²) in [5, 5.41) is 15.3. The standard InChI is InChI=1S/C13H22N2O3S/c16-12(11-8-19-6-5-14-11)15-7-9-3-1-2-4-10(9)13(17)18/h9-11,14H,1-8H2,(H,15,16)(H,17,18). The van der Waals surface area contributed by atoms with Crippen LogP contribution in [0.15, 0.2) is 0 Å².